The summed E-state index contributed by atoms with van der Waals surface area (Å²) in [7, 11) is 0. The third-order valence-electron chi connectivity index (χ3n) is 5.06. The lowest BCUT2D eigenvalue weighted by molar-refractivity contribution is 0.498. The number of hydrogen-bond donors (Lipinski definition) is 0. The average Bonchev–Trinajstić information content (AvgIpc) is 2.74. The van der Waals surface area contributed by atoms with Gasteiger partial charge >= 0.3 is 0 Å². The van der Waals surface area contributed by atoms with Gasteiger partial charge in [0.15, 0.2) is 0 Å². The molecule has 0 radical (unpaired) electrons. The van der Waals surface area contributed by atoms with Crippen molar-refractivity contribution in [2.24, 2.45) is 0 Å². The van der Waals surface area contributed by atoms with E-state index in [0.717, 1.165) is 27.5 Å². The molecular formula is C25H17ClO. The van der Waals surface area contributed by atoms with Crippen molar-refractivity contribution in [2.75, 3.05) is 0 Å². The van der Waals surface area contributed by atoms with Crippen LogP contribution in [-0.2, 0) is 0 Å². The van der Waals surface area contributed by atoms with Crippen molar-refractivity contribution >= 4 is 28.1 Å². The number of fused-ring (bicyclic) bond motifs is 3. The van der Waals surface area contributed by atoms with Crippen LogP contribution in [0.1, 0.15) is 22.6 Å². The molecule has 4 aromatic carbocycles. The maximum Gasteiger partial charge on any atom is 0.139 e. The Morgan fingerprint density at radius 2 is 1.44 bits per heavy atom. The van der Waals surface area contributed by atoms with Crippen molar-refractivity contribution in [1.29, 1.82) is 0 Å². The predicted molar refractivity (Wildman–Crippen MR) is 112 cm³/mol. The van der Waals surface area contributed by atoms with E-state index in [2.05, 4.69) is 66.7 Å². The van der Waals surface area contributed by atoms with Gasteiger partial charge in [-0.2, -0.15) is 0 Å². The molecule has 1 nitrogen and oxygen atoms in total. The third-order valence-corrected chi connectivity index (χ3v) is 5.31. The molecule has 1 atom stereocenters. The summed E-state index contributed by atoms with van der Waals surface area (Å²) < 4.78 is 6.44. The van der Waals surface area contributed by atoms with E-state index in [9.17, 15) is 0 Å². The quantitative estimate of drug-likeness (QED) is 0.368. The fraction of sp³-hybridized carbons (Fsp3) is 0.0400. The van der Waals surface area contributed by atoms with Crippen molar-refractivity contribution in [3.63, 3.8) is 0 Å². The molecule has 0 saturated heterocycles. The van der Waals surface area contributed by atoms with Crippen LogP contribution in [0, 0.1) is 0 Å². The normalized spacial score (nSPS) is 15.7. The van der Waals surface area contributed by atoms with Gasteiger partial charge in [0.25, 0.3) is 0 Å². The van der Waals surface area contributed by atoms with Crippen LogP contribution in [0.25, 0.3) is 16.5 Å². The number of rotatable bonds is 2. The zero-order chi connectivity index (χ0) is 18.2. The van der Waals surface area contributed by atoms with Gasteiger partial charge in [0.1, 0.15) is 11.5 Å². The van der Waals surface area contributed by atoms with Gasteiger partial charge in [0.2, 0.25) is 0 Å². The van der Waals surface area contributed by atoms with Gasteiger partial charge in [0, 0.05) is 27.5 Å². The summed E-state index contributed by atoms with van der Waals surface area (Å²) in [5, 5.41) is 3.06. The molecule has 5 rings (SSSR count). The summed E-state index contributed by atoms with van der Waals surface area (Å²) in [5.74, 6) is 1.94. The van der Waals surface area contributed by atoms with Crippen LogP contribution in [0.2, 0.25) is 5.02 Å². The van der Waals surface area contributed by atoms with E-state index in [1.807, 2.05) is 30.3 Å². The molecule has 27 heavy (non-hydrogen) atoms. The average molecular weight is 369 g/mol. The summed E-state index contributed by atoms with van der Waals surface area (Å²) in [4.78, 5) is 0. The number of benzene rings is 4. The maximum atomic E-state index is 6.44. The van der Waals surface area contributed by atoms with Crippen LogP contribution in [0.4, 0.5) is 0 Å². The van der Waals surface area contributed by atoms with Crippen LogP contribution >= 0.6 is 11.6 Å². The second-order valence-electron chi connectivity index (χ2n) is 6.73. The van der Waals surface area contributed by atoms with Gasteiger partial charge in [-0.1, -0.05) is 90.5 Å². The highest BCUT2D eigenvalue weighted by Gasteiger charge is 2.25. The molecule has 1 aliphatic heterocycles. The lowest BCUT2D eigenvalue weighted by Crippen LogP contribution is -2.10. The molecule has 0 aromatic heterocycles. The molecule has 4 aromatic rings. The standard InChI is InChI=1S/C25H17ClO/c26-20-13-10-18(11-14-20)23-16-24(19-7-2-1-3-8-19)27-25-21-9-5-4-6-17(21)12-15-22(23)25/h1-16,23H. The Kier molecular flexibility index (Phi) is 3.95. The first-order valence-electron chi connectivity index (χ1n) is 9.02. The molecule has 0 spiro atoms. The van der Waals surface area contributed by atoms with Gasteiger partial charge in [-0.15, -0.1) is 0 Å². The fourth-order valence-electron chi connectivity index (χ4n) is 3.71. The Balaban J connectivity index is 1.74. The summed E-state index contributed by atoms with van der Waals surface area (Å²) in [6.45, 7) is 0. The van der Waals surface area contributed by atoms with E-state index in [4.69, 9.17) is 16.3 Å². The SMILES string of the molecule is Clc1ccc(C2C=C(c3ccccc3)Oc3c2ccc2ccccc32)cc1. The van der Waals surface area contributed by atoms with Crippen molar-refractivity contribution in [3.05, 3.63) is 119 Å². The molecule has 0 fully saturated rings. The number of halogens is 1. The van der Waals surface area contributed by atoms with E-state index < -0.39 is 0 Å². The zero-order valence-corrected chi connectivity index (χ0v) is 15.4. The van der Waals surface area contributed by atoms with E-state index in [1.165, 1.54) is 16.5 Å². The third kappa shape index (κ3) is 2.90. The van der Waals surface area contributed by atoms with Gasteiger partial charge in [-0.25, -0.2) is 0 Å². The Hall–Kier alpha value is -3.03. The first kappa shape index (κ1) is 16.2. The van der Waals surface area contributed by atoms with E-state index in [0.29, 0.717) is 0 Å². The largest absolute Gasteiger partial charge is 0.456 e. The molecule has 2 heteroatoms. The highest BCUT2D eigenvalue weighted by molar-refractivity contribution is 6.30. The molecule has 130 valence electrons. The van der Waals surface area contributed by atoms with Crippen molar-refractivity contribution in [1.82, 2.24) is 0 Å². The van der Waals surface area contributed by atoms with Crippen LogP contribution in [-0.4, -0.2) is 0 Å². The summed E-state index contributed by atoms with van der Waals surface area (Å²) in [5.41, 5.74) is 3.46. The van der Waals surface area contributed by atoms with Crippen LogP contribution < -0.4 is 4.74 Å². The summed E-state index contributed by atoms with van der Waals surface area (Å²) in [6, 6.07) is 31.1. The molecule has 1 unspecified atom stereocenters. The minimum Gasteiger partial charge on any atom is -0.456 e. The van der Waals surface area contributed by atoms with Crippen molar-refractivity contribution in [2.45, 2.75) is 5.92 Å². The van der Waals surface area contributed by atoms with E-state index >= 15 is 0 Å². The predicted octanol–water partition coefficient (Wildman–Crippen LogP) is 7.06. The number of allylic oxidation sites excluding steroid dienone is 1. The van der Waals surface area contributed by atoms with Gasteiger partial charge in [-0.3, -0.25) is 0 Å². The molecular weight excluding hydrogens is 352 g/mol. The van der Waals surface area contributed by atoms with Crippen LogP contribution in [0.15, 0.2) is 97.1 Å². The lowest BCUT2D eigenvalue weighted by Gasteiger charge is -2.27. The summed E-state index contributed by atoms with van der Waals surface area (Å²) >= 11 is 6.11. The molecule has 1 aliphatic rings. The van der Waals surface area contributed by atoms with E-state index in [1.54, 1.807) is 0 Å². The van der Waals surface area contributed by atoms with Crippen LogP contribution in [0.5, 0.6) is 5.75 Å². The highest BCUT2D eigenvalue weighted by Crippen LogP contribution is 2.44. The first-order valence-corrected chi connectivity index (χ1v) is 9.39. The molecule has 1 heterocycles. The van der Waals surface area contributed by atoms with Crippen molar-refractivity contribution in [3.8, 4) is 5.75 Å². The minimum absolute atomic E-state index is 0.117. The van der Waals surface area contributed by atoms with Gasteiger partial charge < -0.3 is 4.74 Å². The van der Waals surface area contributed by atoms with E-state index in [-0.39, 0.29) is 5.92 Å². The van der Waals surface area contributed by atoms with Gasteiger partial charge in [0.05, 0.1) is 0 Å². The fourth-order valence-corrected chi connectivity index (χ4v) is 3.83. The minimum atomic E-state index is 0.117. The Labute approximate surface area is 163 Å². The Bertz CT molecular complexity index is 1140. The topological polar surface area (TPSA) is 9.23 Å². The molecule has 0 N–H and O–H groups in total. The van der Waals surface area contributed by atoms with Crippen LogP contribution in [0.3, 0.4) is 0 Å². The molecule has 0 bridgehead atoms. The second-order valence-corrected chi connectivity index (χ2v) is 7.17. The maximum absolute atomic E-state index is 6.44. The molecule has 0 aliphatic carbocycles. The Morgan fingerprint density at radius 3 is 2.26 bits per heavy atom. The zero-order valence-electron chi connectivity index (χ0n) is 14.6. The number of hydrogen-bond acceptors (Lipinski definition) is 1. The first-order chi connectivity index (χ1) is 13.3. The molecule has 0 amide bonds. The lowest BCUT2D eigenvalue weighted by atomic mass is 9.86. The molecule has 0 saturated carbocycles. The smallest absolute Gasteiger partial charge is 0.139 e. The van der Waals surface area contributed by atoms with Crippen molar-refractivity contribution < 1.29 is 4.74 Å². The van der Waals surface area contributed by atoms with Gasteiger partial charge in [-0.05, 0) is 29.2 Å². The number of ether oxygens (including phenoxy) is 1. The summed E-state index contributed by atoms with van der Waals surface area (Å²) in [6.07, 6.45) is 2.20. The highest BCUT2D eigenvalue weighted by atomic mass is 35.5. The Morgan fingerprint density at radius 1 is 0.704 bits per heavy atom. The second kappa shape index (κ2) is 6.61. The monoisotopic (exact) mass is 368 g/mol.